The SMILES string of the molecule is COc1ccc(-c2[nH]ncc2C=C(C#N)C#N)cc1OC. The summed E-state index contributed by atoms with van der Waals surface area (Å²) in [7, 11) is 3.12. The van der Waals surface area contributed by atoms with Gasteiger partial charge in [0.15, 0.2) is 11.5 Å². The van der Waals surface area contributed by atoms with Crippen LogP contribution in [0.15, 0.2) is 30.0 Å². The van der Waals surface area contributed by atoms with Crippen molar-refractivity contribution in [3.05, 3.63) is 35.5 Å². The highest BCUT2D eigenvalue weighted by Gasteiger charge is 2.11. The number of nitriles is 2. The second kappa shape index (κ2) is 6.27. The Kier molecular flexibility index (Phi) is 4.23. The molecule has 0 unspecified atom stereocenters. The van der Waals surface area contributed by atoms with Crippen molar-refractivity contribution in [2.45, 2.75) is 0 Å². The Morgan fingerprint density at radius 2 is 1.90 bits per heavy atom. The Labute approximate surface area is 121 Å². The van der Waals surface area contributed by atoms with E-state index in [0.29, 0.717) is 22.8 Å². The fraction of sp³-hybridized carbons (Fsp3) is 0.133. The quantitative estimate of drug-likeness (QED) is 0.868. The minimum Gasteiger partial charge on any atom is -0.493 e. The molecule has 0 aliphatic heterocycles. The van der Waals surface area contributed by atoms with E-state index in [-0.39, 0.29) is 5.57 Å². The summed E-state index contributed by atoms with van der Waals surface area (Å²) in [6.07, 6.45) is 3.04. The molecule has 2 rings (SSSR count). The molecule has 6 nitrogen and oxygen atoms in total. The number of H-pyrrole nitrogens is 1. The van der Waals surface area contributed by atoms with Gasteiger partial charge in [-0.15, -0.1) is 0 Å². The third kappa shape index (κ3) is 2.85. The predicted octanol–water partition coefficient (Wildman–Crippen LogP) is 2.52. The van der Waals surface area contributed by atoms with Gasteiger partial charge in [0, 0.05) is 11.1 Å². The van der Waals surface area contributed by atoms with Gasteiger partial charge in [-0.1, -0.05) is 0 Å². The molecule has 0 bridgehead atoms. The van der Waals surface area contributed by atoms with Gasteiger partial charge in [-0.25, -0.2) is 0 Å². The van der Waals surface area contributed by atoms with E-state index < -0.39 is 0 Å². The normalized spacial score (nSPS) is 9.33. The number of nitrogens with one attached hydrogen (secondary N) is 1. The highest BCUT2D eigenvalue weighted by atomic mass is 16.5. The van der Waals surface area contributed by atoms with Gasteiger partial charge in [0.2, 0.25) is 0 Å². The van der Waals surface area contributed by atoms with Gasteiger partial charge in [-0.05, 0) is 24.3 Å². The van der Waals surface area contributed by atoms with Crippen molar-refractivity contribution >= 4 is 6.08 Å². The number of benzene rings is 1. The van der Waals surface area contributed by atoms with Crippen LogP contribution in [0.3, 0.4) is 0 Å². The lowest BCUT2D eigenvalue weighted by Crippen LogP contribution is -1.91. The molecule has 1 N–H and O–H groups in total. The zero-order chi connectivity index (χ0) is 15.2. The van der Waals surface area contributed by atoms with Crippen LogP contribution in [-0.2, 0) is 0 Å². The van der Waals surface area contributed by atoms with E-state index in [4.69, 9.17) is 20.0 Å². The molecule has 1 aromatic carbocycles. The summed E-state index contributed by atoms with van der Waals surface area (Å²) in [4.78, 5) is 0. The van der Waals surface area contributed by atoms with Crippen molar-refractivity contribution in [3.8, 4) is 34.9 Å². The van der Waals surface area contributed by atoms with Crippen LogP contribution in [0, 0.1) is 22.7 Å². The first-order valence-electron chi connectivity index (χ1n) is 6.01. The van der Waals surface area contributed by atoms with Gasteiger partial charge in [0.25, 0.3) is 0 Å². The van der Waals surface area contributed by atoms with Gasteiger partial charge in [0.05, 0.1) is 26.1 Å². The molecule has 0 aliphatic rings. The number of aromatic amines is 1. The van der Waals surface area contributed by atoms with Crippen molar-refractivity contribution < 1.29 is 9.47 Å². The lowest BCUT2D eigenvalue weighted by molar-refractivity contribution is 0.355. The molecule has 104 valence electrons. The summed E-state index contributed by atoms with van der Waals surface area (Å²) >= 11 is 0. The van der Waals surface area contributed by atoms with Crippen LogP contribution in [0.4, 0.5) is 0 Å². The summed E-state index contributed by atoms with van der Waals surface area (Å²) in [6, 6.07) is 9.05. The van der Waals surface area contributed by atoms with Crippen molar-refractivity contribution in [1.82, 2.24) is 10.2 Å². The maximum atomic E-state index is 8.83. The van der Waals surface area contributed by atoms with Crippen LogP contribution >= 0.6 is 0 Å². The van der Waals surface area contributed by atoms with Crippen LogP contribution in [0.1, 0.15) is 5.56 Å². The van der Waals surface area contributed by atoms with E-state index in [2.05, 4.69) is 10.2 Å². The molecule has 0 aliphatic carbocycles. The summed E-state index contributed by atoms with van der Waals surface area (Å²) in [6.45, 7) is 0. The topological polar surface area (TPSA) is 94.7 Å². The standard InChI is InChI=1S/C15H12N4O2/c1-20-13-4-3-11(6-14(13)21-2)15-12(9-18-19-15)5-10(7-16)8-17/h3-6,9H,1-2H3,(H,18,19). The highest BCUT2D eigenvalue weighted by molar-refractivity contribution is 5.76. The number of aromatic nitrogens is 2. The van der Waals surface area contributed by atoms with E-state index in [1.54, 1.807) is 32.5 Å². The molecule has 1 aromatic heterocycles. The third-order valence-corrected chi connectivity index (χ3v) is 2.88. The number of hydrogen-bond donors (Lipinski definition) is 1. The van der Waals surface area contributed by atoms with Crippen molar-refractivity contribution in [3.63, 3.8) is 0 Å². The van der Waals surface area contributed by atoms with E-state index in [9.17, 15) is 0 Å². The third-order valence-electron chi connectivity index (χ3n) is 2.88. The molecule has 0 fully saturated rings. The van der Waals surface area contributed by atoms with Crippen molar-refractivity contribution in [1.29, 1.82) is 10.5 Å². The molecular formula is C15H12N4O2. The van der Waals surface area contributed by atoms with Crippen LogP contribution in [-0.4, -0.2) is 24.4 Å². The van der Waals surface area contributed by atoms with Crippen LogP contribution in [0.25, 0.3) is 17.3 Å². The Bertz CT molecular complexity index is 747. The van der Waals surface area contributed by atoms with E-state index in [1.807, 2.05) is 18.2 Å². The summed E-state index contributed by atoms with van der Waals surface area (Å²) in [5.41, 5.74) is 2.17. The number of methoxy groups -OCH3 is 2. The second-order valence-corrected chi connectivity index (χ2v) is 4.05. The fourth-order valence-electron chi connectivity index (χ4n) is 1.87. The van der Waals surface area contributed by atoms with Crippen molar-refractivity contribution in [2.24, 2.45) is 0 Å². The largest absolute Gasteiger partial charge is 0.493 e. The Morgan fingerprint density at radius 1 is 1.19 bits per heavy atom. The molecular weight excluding hydrogens is 268 g/mol. The predicted molar refractivity (Wildman–Crippen MR) is 76.3 cm³/mol. The molecule has 21 heavy (non-hydrogen) atoms. The monoisotopic (exact) mass is 280 g/mol. The average Bonchev–Trinajstić information content (AvgIpc) is 2.99. The Balaban J connectivity index is 2.50. The summed E-state index contributed by atoms with van der Waals surface area (Å²) in [5.74, 6) is 1.20. The zero-order valence-electron chi connectivity index (χ0n) is 11.5. The maximum absolute atomic E-state index is 8.83. The molecule has 2 aromatic rings. The first-order valence-corrected chi connectivity index (χ1v) is 6.01. The number of allylic oxidation sites excluding steroid dienone is 1. The maximum Gasteiger partial charge on any atom is 0.161 e. The number of hydrogen-bond acceptors (Lipinski definition) is 5. The van der Waals surface area contributed by atoms with Crippen LogP contribution in [0.2, 0.25) is 0 Å². The minimum atomic E-state index is 0.0122. The van der Waals surface area contributed by atoms with E-state index >= 15 is 0 Å². The Hall–Kier alpha value is -3.25. The first kappa shape index (κ1) is 14.2. The summed E-state index contributed by atoms with van der Waals surface area (Å²) in [5, 5.41) is 24.5. The van der Waals surface area contributed by atoms with Gasteiger partial charge in [-0.3, -0.25) is 5.10 Å². The smallest absolute Gasteiger partial charge is 0.161 e. The molecule has 0 radical (unpaired) electrons. The van der Waals surface area contributed by atoms with Gasteiger partial charge < -0.3 is 9.47 Å². The summed E-state index contributed by atoms with van der Waals surface area (Å²) < 4.78 is 10.4. The molecule has 1 heterocycles. The zero-order valence-corrected chi connectivity index (χ0v) is 11.5. The molecule has 0 saturated carbocycles. The molecule has 0 spiro atoms. The second-order valence-electron chi connectivity index (χ2n) is 4.05. The number of nitrogens with zero attached hydrogens (tertiary/aromatic N) is 3. The van der Waals surface area contributed by atoms with E-state index in [0.717, 1.165) is 5.56 Å². The van der Waals surface area contributed by atoms with Gasteiger partial charge in [-0.2, -0.15) is 15.6 Å². The Morgan fingerprint density at radius 3 is 2.52 bits per heavy atom. The van der Waals surface area contributed by atoms with Crippen LogP contribution < -0.4 is 9.47 Å². The molecule has 6 heteroatoms. The minimum absolute atomic E-state index is 0.0122. The number of ether oxygens (including phenoxy) is 2. The van der Waals surface area contributed by atoms with Gasteiger partial charge in [0.1, 0.15) is 17.7 Å². The van der Waals surface area contributed by atoms with Crippen LogP contribution in [0.5, 0.6) is 11.5 Å². The van der Waals surface area contributed by atoms with Crippen molar-refractivity contribution in [2.75, 3.05) is 14.2 Å². The number of rotatable bonds is 4. The lowest BCUT2D eigenvalue weighted by atomic mass is 10.1. The highest BCUT2D eigenvalue weighted by Crippen LogP contribution is 2.33. The fourth-order valence-corrected chi connectivity index (χ4v) is 1.87. The average molecular weight is 280 g/mol. The molecule has 0 saturated heterocycles. The lowest BCUT2D eigenvalue weighted by Gasteiger charge is -2.09. The molecule has 0 atom stereocenters. The molecule has 0 amide bonds. The first-order chi connectivity index (χ1) is 10.2. The van der Waals surface area contributed by atoms with E-state index in [1.165, 1.54) is 6.08 Å². The van der Waals surface area contributed by atoms with Gasteiger partial charge >= 0.3 is 0 Å².